The van der Waals surface area contributed by atoms with Gasteiger partial charge >= 0.3 is 0 Å². The number of benzene rings is 1. The molecule has 206 valence electrons. The minimum atomic E-state index is -1.14. The number of rotatable bonds is 8. The highest BCUT2D eigenvalue weighted by atomic mass is 16.2. The molecule has 6 rings (SSSR count). The SMILES string of the molecule is Cn1c(C(=O)N2CCC3(CC3)CC2C(=O)NC(CC2CCNC2=O)C(=O)C(=O)NC2CC2)nc2ccccc21. The lowest BCUT2D eigenvalue weighted by Gasteiger charge is -2.39. The van der Waals surface area contributed by atoms with Crippen molar-refractivity contribution < 1.29 is 24.0 Å². The van der Waals surface area contributed by atoms with Gasteiger partial charge in [0.2, 0.25) is 17.6 Å². The second kappa shape index (κ2) is 9.77. The first-order valence-electron chi connectivity index (χ1n) is 13.9. The van der Waals surface area contributed by atoms with E-state index in [1.165, 1.54) is 0 Å². The van der Waals surface area contributed by atoms with Crippen LogP contribution in [0, 0.1) is 11.3 Å². The van der Waals surface area contributed by atoms with Crippen LogP contribution in [0.4, 0.5) is 0 Å². The summed E-state index contributed by atoms with van der Waals surface area (Å²) in [6.07, 6.45) is 5.53. The molecule has 3 heterocycles. The van der Waals surface area contributed by atoms with Gasteiger partial charge in [0, 0.05) is 32.1 Å². The van der Waals surface area contributed by atoms with E-state index >= 15 is 0 Å². The van der Waals surface area contributed by atoms with Crippen LogP contribution in [-0.2, 0) is 26.2 Å². The summed E-state index contributed by atoms with van der Waals surface area (Å²) in [6, 6.07) is 5.52. The normalized spacial score (nSPS) is 24.3. The minimum absolute atomic E-state index is 0.0120. The van der Waals surface area contributed by atoms with Crippen LogP contribution in [-0.4, -0.2) is 75.1 Å². The number of Topliss-reactive ketones (excluding diaryl/α,β-unsaturated/α-hetero) is 1. The Hall–Kier alpha value is -3.76. The maximum absolute atomic E-state index is 13.8. The van der Waals surface area contributed by atoms with Crippen molar-refractivity contribution in [3.05, 3.63) is 30.1 Å². The number of ketones is 1. The summed E-state index contributed by atoms with van der Waals surface area (Å²) in [5.74, 6) is -2.70. The molecule has 1 aromatic heterocycles. The third-order valence-electron chi connectivity index (χ3n) is 8.84. The Morgan fingerprint density at radius 1 is 1.13 bits per heavy atom. The van der Waals surface area contributed by atoms with E-state index in [-0.39, 0.29) is 35.5 Å². The van der Waals surface area contributed by atoms with Gasteiger partial charge in [0.05, 0.1) is 17.1 Å². The summed E-state index contributed by atoms with van der Waals surface area (Å²) in [5, 5.41) is 8.25. The second-order valence-electron chi connectivity index (χ2n) is 11.6. The van der Waals surface area contributed by atoms with Gasteiger partial charge in [0.15, 0.2) is 5.82 Å². The van der Waals surface area contributed by atoms with Crippen molar-refractivity contribution in [2.45, 2.75) is 69.5 Å². The molecule has 3 unspecified atom stereocenters. The average Bonchev–Trinajstić information content (AvgIpc) is 3.84. The molecular formula is C28H34N6O5. The molecule has 4 fully saturated rings. The minimum Gasteiger partial charge on any atom is -0.356 e. The zero-order valence-electron chi connectivity index (χ0n) is 22.1. The van der Waals surface area contributed by atoms with E-state index in [0.717, 1.165) is 37.6 Å². The molecule has 1 spiro atoms. The molecule has 3 atom stereocenters. The molecule has 0 bridgehead atoms. The number of hydrogen-bond donors (Lipinski definition) is 3. The summed E-state index contributed by atoms with van der Waals surface area (Å²) in [7, 11) is 1.78. The molecule has 11 nitrogen and oxygen atoms in total. The molecule has 2 saturated carbocycles. The summed E-state index contributed by atoms with van der Waals surface area (Å²) in [6.45, 7) is 0.907. The van der Waals surface area contributed by atoms with Gasteiger partial charge in [-0.05, 0) is 68.9 Å². The highest BCUT2D eigenvalue weighted by molar-refractivity contribution is 6.38. The lowest BCUT2D eigenvalue weighted by Crippen LogP contribution is -2.58. The van der Waals surface area contributed by atoms with Gasteiger partial charge in [0.1, 0.15) is 6.04 Å². The van der Waals surface area contributed by atoms with E-state index in [9.17, 15) is 24.0 Å². The van der Waals surface area contributed by atoms with Crippen molar-refractivity contribution in [2.24, 2.45) is 18.4 Å². The van der Waals surface area contributed by atoms with E-state index < -0.39 is 35.6 Å². The largest absolute Gasteiger partial charge is 0.356 e. The van der Waals surface area contributed by atoms with Crippen molar-refractivity contribution in [1.29, 1.82) is 0 Å². The van der Waals surface area contributed by atoms with E-state index in [0.29, 0.717) is 31.4 Å². The molecule has 2 aliphatic heterocycles. The zero-order valence-corrected chi connectivity index (χ0v) is 22.1. The van der Waals surface area contributed by atoms with Crippen molar-refractivity contribution in [2.75, 3.05) is 13.1 Å². The number of amides is 4. The van der Waals surface area contributed by atoms with Crippen molar-refractivity contribution in [3.63, 3.8) is 0 Å². The van der Waals surface area contributed by atoms with E-state index in [2.05, 4.69) is 20.9 Å². The first-order chi connectivity index (χ1) is 18.7. The van der Waals surface area contributed by atoms with Crippen molar-refractivity contribution in [1.82, 2.24) is 30.4 Å². The highest BCUT2D eigenvalue weighted by Crippen LogP contribution is 2.55. The number of likely N-dealkylation sites (tertiary alicyclic amines) is 1. The molecule has 4 amide bonds. The number of imidazole rings is 1. The molecule has 4 aliphatic rings. The van der Waals surface area contributed by atoms with Crippen LogP contribution in [0.5, 0.6) is 0 Å². The Morgan fingerprint density at radius 2 is 1.90 bits per heavy atom. The smallest absolute Gasteiger partial charge is 0.290 e. The molecule has 39 heavy (non-hydrogen) atoms. The number of piperidine rings is 1. The Morgan fingerprint density at radius 3 is 2.56 bits per heavy atom. The molecule has 11 heteroatoms. The zero-order chi connectivity index (χ0) is 27.3. The molecule has 3 N–H and O–H groups in total. The number of aryl methyl sites for hydroxylation is 1. The molecule has 2 aliphatic carbocycles. The molecule has 2 aromatic rings. The van der Waals surface area contributed by atoms with Crippen molar-refractivity contribution >= 4 is 40.4 Å². The summed E-state index contributed by atoms with van der Waals surface area (Å²) in [4.78, 5) is 71.8. The fourth-order valence-electron chi connectivity index (χ4n) is 6.01. The van der Waals surface area contributed by atoms with Gasteiger partial charge in [-0.15, -0.1) is 0 Å². The van der Waals surface area contributed by atoms with Crippen LogP contribution in [0.2, 0.25) is 0 Å². The number of carbonyl (C=O) groups excluding carboxylic acids is 5. The maximum atomic E-state index is 13.8. The number of nitrogens with one attached hydrogen (secondary N) is 3. The third kappa shape index (κ3) is 5.02. The van der Waals surface area contributed by atoms with Crippen LogP contribution in [0.15, 0.2) is 24.3 Å². The number of nitrogens with zero attached hydrogens (tertiary/aromatic N) is 3. The first-order valence-corrected chi connectivity index (χ1v) is 13.9. The Labute approximate surface area is 226 Å². The van der Waals surface area contributed by atoms with Crippen molar-refractivity contribution in [3.8, 4) is 0 Å². The molecule has 2 saturated heterocycles. The number of para-hydroxylation sites is 2. The summed E-state index contributed by atoms with van der Waals surface area (Å²) in [5.41, 5.74) is 1.54. The number of fused-ring (bicyclic) bond motifs is 1. The van der Waals surface area contributed by atoms with Gasteiger partial charge in [-0.25, -0.2) is 4.98 Å². The fourth-order valence-corrected chi connectivity index (χ4v) is 6.01. The van der Waals surface area contributed by atoms with Crippen LogP contribution >= 0.6 is 0 Å². The lowest BCUT2D eigenvalue weighted by molar-refractivity contribution is -0.141. The van der Waals surface area contributed by atoms with Gasteiger partial charge < -0.3 is 25.4 Å². The maximum Gasteiger partial charge on any atom is 0.290 e. The third-order valence-corrected chi connectivity index (χ3v) is 8.84. The lowest BCUT2D eigenvalue weighted by atomic mass is 9.86. The standard InChI is InChI=1S/C28H34N6O5/c1-33-20-5-3-2-4-18(20)31-23(33)27(39)34-13-11-28(9-10-28)15-21(34)25(37)32-19(14-16-8-12-29-24(16)36)22(35)26(38)30-17-6-7-17/h2-5,16-17,19,21H,6-15H2,1H3,(H,29,36)(H,30,38)(H,32,37). The van der Waals surface area contributed by atoms with E-state index in [1.807, 2.05) is 24.3 Å². The van der Waals surface area contributed by atoms with E-state index in [1.54, 1.807) is 16.5 Å². The van der Waals surface area contributed by atoms with Crippen LogP contribution in [0.3, 0.4) is 0 Å². The first kappa shape index (κ1) is 25.5. The summed E-state index contributed by atoms with van der Waals surface area (Å²) >= 11 is 0. The van der Waals surface area contributed by atoms with Gasteiger partial charge in [-0.2, -0.15) is 0 Å². The Balaban J connectivity index is 1.24. The monoisotopic (exact) mass is 534 g/mol. The Kier molecular flexibility index (Phi) is 6.39. The average molecular weight is 535 g/mol. The molecular weight excluding hydrogens is 500 g/mol. The fraction of sp³-hybridized carbons (Fsp3) is 0.571. The van der Waals surface area contributed by atoms with Gasteiger partial charge in [-0.1, -0.05) is 12.1 Å². The molecule has 0 radical (unpaired) electrons. The van der Waals surface area contributed by atoms with Crippen LogP contribution in [0.1, 0.15) is 62.0 Å². The van der Waals surface area contributed by atoms with Crippen LogP contribution in [0.25, 0.3) is 11.0 Å². The number of carbonyl (C=O) groups is 5. The summed E-state index contributed by atoms with van der Waals surface area (Å²) < 4.78 is 1.74. The highest BCUT2D eigenvalue weighted by Gasteiger charge is 2.52. The number of hydrogen-bond acceptors (Lipinski definition) is 6. The quantitative estimate of drug-likeness (QED) is 0.428. The predicted molar refractivity (Wildman–Crippen MR) is 140 cm³/mol. The number of aromatic nitrogens is 2. The molecule has 1 aromatic carbocycles. The van der Waals surface area contributed by atoms with E-state index in [4.69, 9.17) is 0 Å². The van der Waals surface area contributed by atoms with Gasteiger partial charge in [0.25, 0.3) is 11.8 Å². The van der Waals surface area contributed by atoms with Gasteiger partial charge in [-0.3, -0.25) is 24.0 Å². The predicted octanol–water partition coefficient (Wildman–Crippen LogP) is 0.817. The second-order valence-corrected chi connectivity index (χ2v) is 11.6. The topological polar surface area (TPSA) is 142 Å². The van der Waals surface area contributed by atoms with Crippen LogP contribution < -0.4 is 16.0 Å². The Bertz CT molecular complexity index is 1360.